The number of hydrogen-bond acceptors (Lipinski definition) is 7. The Morgan fingerprint density at radius 3 is 2.43 bits per heavy atom. The molecule has 0 aromatic carbocycles. The molecular weight excluding hydrogens is 352 g/mol. The minimum Gasteiger partial charge on any atom is -0.369 e. The fourth-order valence-corrected chi connectivity index (χ4v) is 5.08. The summed E-state index contributed by atoms with van der Waals surface area (Å²) in [6, 6.07) is 0. The molecule has 1 aliphatic heterocycles. The van der Waals surface area contributed by atoms with Crippen molar-refractivity contribution in [2.45, 2.75) is 35.4 Å². The van der Waals surface area contributed by atoms with Crippen molar-refractivity contribution in [3.63, 3.8) is 0 Å². The van der Waals surface area contributed by atoms with Gasteiger partial charge in [-0.2, -0.15) is 0 Å². The van der Waals surface area contributed by atoms with Crippen LogP contribution in [0.3, 0.4) is 0 Å². The van der Waals surface area contributed by atoms with Crippen LogP contribution in [0.5, 0.6) is 0 Å². The molecule has 23 heavy (non-hydrogen) atoms. The number of carbonyl (C=O) groups excluding carboxylic acids is 2. The number of amides is 2. The van der Waals surface area contributed by atoms with Crippen molar-refractivity contribution in [2.75, 3.05) is 24.6 Å². The highest BCUT2D eigenvalue weighted by Crippen LogP contribution is 2.30. The zero-order valence-electron chi connectivity index (χ0n) is 13.4. The van der Waals surface area contributed by atoms with Crippen molar-refractivity contribution in [1.29, 1.82) is 0 Å². The van der Waals surface area contributed by atoms with Crippen LogP contribution in [0.1, 0.15) is 26.7 Å². The van der Waals surface area contributed by atoms with Crippen LogP contribution in [0, 0.1) is 11.8 Å². The van der Waals surface area contributed by atoms with E-state index in [-0.39, 0.29) is 17.7 Å². The molecule has 0 spiro atoms. The SMILES string of the molecule is CC(C)CSc1nnc(SCC(=O)N2CCC(C(N)=O)CC2)s1. The molecule has 1 aliphatic rings. The first-order valence-electron chi connectivity index (χ1n) is 7.62. The second kappa shape index (κ2) is 8.89. The number of likely N-dealkylation sites (tertiary alicyclic amines) is 1. The van der Waals surface area contributed by atoms with E-state index in [4.69, 9.17) is 5.73 Å². The van der Waals surface area contributed by atoms with Crippen molar-refractivity contribution in [1.82, 2.24) is 15.1 Å². The summed E-state index contributed by atoms with van der Waals surface area (Å²) in [5, 5.41) is 8.27. The van der Waals surface area contributed by atoms with Gasteiger partial charge in [-0.15, -0.1) is 10.2 Å². The van der Waals surface area contributed by atoms with Gasteiger partial charge in [0, 0.05) is 24.8 Å². The van der Waals surface area contributed by atoms with Crippen LogP contribution in [-0.4, -0.2) is 51.5 Å². The predicted octanol–water partition coefficient (Wildman–Crippen LogP) is 2.10. The van der Waals surface area contributed by atoms with E-state index in [0.717, 1.165) is 14.4 Å². The highest BCUT2D eigenvalue weighted by molar-refractivity contribution is 8.03. The van der Waals surface area contributed by atoms with Crippen LogP contribution in [-0.2, 0) is 9.59 Å². The number of rotatable bonds is 7. The third-order valence-corrected chi connectivity index (χ3v) is 7.10. The average Bonchev–Trinajstić information content (AvgIpc) is 2.98. The lowest BCUT2D eigenvalue weighted by atomic mass is 9.96. The van der Waals surface area contributed by atoms with E-state index in [1.807, 2.05) is 4.90 Å². The van der Waals surface area contributed by atoms with Crippen molar-refractivity contribution in [3.8, 4) is 0 Å². The first-order valence-corrected chi connectivity index (χ1v) is 10.4. The summed E-state index contributed by atoms with van der Waals surface area (Å²) in [7, 11) is 0. The van der Waals surface area contributed by atoms with E-state index in [1.54, 1.807) is 11.8 Å². The molecule has 6 nitrogen and oxygen atoms in total. The lowest BCUT2D eigenvalue weighted by Gasteiger charge is -2.30. The second-order valence-electron chi connectivity index (χ2n) is 5.88. The zero-order chi connectivity index (χ0) is 16.8. The number of thioether (sulfide) groups is 2. The van der Waals surface area contributed by atoms with E-state index in [1.165, 1.54) is 23.1 Å². The molecule has 0 radical (unpaired) electrons. The number of nitrogens with zero attached hydrogens (tertiary/aromatic N) is 3. The third kappa shape index (κ3) is 5.96. The Morgan fingerprint density at radius 1 is 1.26 bits per heavy atom. The van der Waals surface area contributed by atoms with Gasteiger partial charge in [-0.3, -0.25) is 9.59 Å². The van der Waals surface area contributed by atoms with Crippen molar-refractivity contribution in [2.24, 2.45) is 17.6 Å². The van der Waals surface area contributed by atoms with Crippen LogP contribution in [0.2, 0.25) is 0 Å². The molecule has 1 saturated heterocycles. The molecule has 0 bridgehead atoms. The van der Waals surface area contributed by atoms with Gasteiger partial charge >= 0.3 is 0 Å². The molecule has 2 amide bonds. The summed E-state index contributed by atoms with van der Waals surface area (Å²) in [6.45, 7) is 5.56. The minimum atomic E-state index is -0.258. The normalized spacial score (nSPS) is 16.0. The van der Waals surface area contributed by atoms with E-state index >= 15 is 0 Å². The van der Waals surface area contributed by atoms with Gasteiger partial charge in [-0.25, -0.2) is 0 Å². The van der Waals surface area contributed by atoms with Gasteiger partial charge in [0.25, 0.3) is 0 Å². The van der Waals surface area contributed by atoms with Gasteiger partial charge in [0.2, 0.25) is 11.8 Å². The molecule has 1 fully saturated rings. The van der Waals surface area contributed by atoms with Crippen molar-refractivity contribution < 1.29 is 9.59 Å². The molecule has 0 saturated carbocycles. The Kier molecular flexibility index (Phi) is 7.16. The number of carbonyl (C=O) groups is 2. The van der Waals surface area contributed by atoms with E-state index in [0.29, 0.717) is 37.6 Å². The molecule has 9 heteroatoms. The molecule has 2 N–H and O–H groups in total. The van der Waals surface area contributed by atoms with Crippen LogP contribution >= 0.6 is 34.9 Å². The lowest BCUT2D eigenvalue weighted by molar-refractivity contribution is -0.132. The Bertz CT molecular complexity index is 542. The largest absolute Gasteiger partial charge is 0.369 e. The summed E-state index contributed by atoms with van der Waals surface area (Å²) in [4.78, 5) is 25.2. The number of primary amides is 1. The standard InChI is InChI=1S/C14H22N4O2S3/c1-9(2)7-21-13-16-17-14(23-13)22-8-11(19)18-5-3-10(4-6-18)12(15)20/h9-10H,3-8H2,1-2H3,(H2,15,20). The fraction of sp³-hybridized carbons (Fsp3) is 0.714. The summed E-state index contributed by atoms with van der Waals surface area (Å²) in [6.07, 6.45) is 1.33. The van der Waals surface area contributed by atoms with Gasteiger partial charge in [0.05, 0.1) is 5.75 Å². The van der Waals surface area contributed by atoms with Crippen molar-refractivity contribution >= 4 is 46.7 Å². The number of hydrogen-bond donors (Lipinski definition) is 1. The number of nitrogens with two attached hydrogens (primary N) is 1. The second-order valence-corrected chi connectivity index (χ2v) is 9.35. The lowest BCUT2D eigenvalue weighted by Crippen LogP contribution is -2.42. The van der Waals surface area contributed by atoms with Gasteiger partial charge in [-0.05, 0) is 18.8 Å². The van der Waals surface area contributed by atoms with E-state index in [2.05, 4.69) is 24.0 Å². The first-order chi connectivity index (χ1) is 11.0. The van der Waals surface area contributed by atoms with E-state index < -0.39 is 0 Å². The molecular formula is C14H22N4O2S3. The fourth-order valence-electron chi connectivity index (χ4n) is 2.18. The number of aromatic nitrogens is 2. The molecule has 128 valence electrons. The van der Waals surface area contributed by atoms with Gasteiger partial charge in [-0.1, -0.05) is 48.7 Å². The highest BCUT2D eigenvalue weighted by Gasteiger charge is 2.25. The first kappa shape index (κ1) is 18.5. The van der Waals surface area contributed by atoms with Crippen LogP contribution in [0.4, 0.5) is 0 Å². The maximum absolute atomic E-state index is 12.2. The molecule has 0 unspecified atom stereocenters. The molecule has 0 atom stereocenters. The molecule has 0 aliphatic carbocycles. The quantitative estimate of drug-likeness (QED) is 0.735. The molecule has 2 rings (SSSR count). The Balaban J connectivity index is 1.73. The maximum atomic E-state index is 12.2. The van der Waals surface area contributed by atoms with Gasteiger partial charge in [0.1, 0.15) is 0 Å². The van der Waals surface area contributed by atoms with E-state index in [9.17, 15) is 9.59 Å². The smallest absolute Gasteiger partial charge is 0.233 e. The molecule has 1 aromatic rings. The van der Waals surface area contributed by atoms with Crippen LogP contribution in [0.25, 0.3) is 0 Å². The van der Waals surface area contributed by atoms with Gasteiger partial charge in [0.15, 0.2) is 8.68 Å². The molecule has 2 heterocycles. The topological polar surface area (TPSA) is 89.2 Å². The molecule has 1 aromatic heterocycles. The predicted molar refractivity (Wildman–Crippen MR) is 94.7 cm³/mol. The minimum absolute atomic E-state index is 0.0875. The Hall–Kier alpha value is -0.800. The summed E-state index contributed by atoms with van der Waals surface area (Å²) in [5.41, 5.74) is 5.31. The van der Waals surface area contributed by atoms with Gasteiger partial charge < -0.3 is 10.6 Å². The average molecular weight is 375 g/mol. The highest BCUT2D eigenvalue weighted by atomic mass is 32.2. The maximum Gasteiger partial charge on any atom is 0.233 e. The Morgan fingerprint density at radius 2 is 1.87 bits per heavy atom. The summed E-state index contributed by atoms with van der Waals surface area (Å²) in [5.74, 6) is 1.74. The number of piperidine rings is 1. The summed E-state index contributed by atoms with van der Waals surface area (Å²) >= 11 is 4.68. The van der Waals surface area contributed by atoms with Crippen LogP contribution in [0.15, 0.2) is 8.68 Å². The van der Waals surface area contributed by atoms with Crippen molar-refractivity contribution in [3.05, 3.63) is 0 Å². The third-order valence-electron chi connectivity index (χ3n) is 3.50. The Labute approximate surface area is 149 Å². The van der Waals surface area contributed by atoms with Crippen LogP contribution < -0.4 is 5.73 Å². The monoisotopic (exact) mass is 374 g/mol. The zero-order valence-corrected chi connectivity index (χ0v) is 15.8. The summed E-state index contributed by atoms with van der Waals surface area (Å²) < 4.78 is 1.78.